The zero-order chi connectivity index (χ0) is 16.6. The van der Waals surface area contributed by atoms with Crippen LogP contribution in [-0.4, -0.2) is 26.5 Å². The summed E-state index contributed by atoms with van der Waals surface area (Å²) in [7, 11) is 0. The SMILES string of the molecule is C[C@]1(O)CCC2C3CCc4cc(O)ccc4C3[C@](C)(O)C[C@@]21C. The summed E-state index contributed by atoms with van der Waals surface area (Å²) in [6, 6.07) is 5.61. The van der Waals surface area contributed by atoms with E-state index in [9.17, 15) is 15.3 Å². The molecular weight excluding hydrogens is 288 g/mol. The van der Waals surface area contributed by atoms with Gasteiger partial charge in [0.25, 0.3) is 0 Å². The van der Waals surface area contributed by atoms with Gasteiger partial charge in [0.2, 0.25) is 0 Å². The summed E-state index contributed by atoms with van der Waals surface area (Å²) in [4.78, 5) is 0. The molecule has 0 bridgehead atoms. The van der Waals surface area contributed by atoms with Crippen molar-refractivity contribution in [3.63, 3.8) is 0 Å². The Balaban J connectivity index is 1.83. The minimum Gasteiger partial charge on any atom is -0.508 e. The van der Waals surface area contributed by atoms with Crippen molar-refractivity contribution in [1.82, 2.24) is 0 Å². The number of hydrogen-bond acceptors (Lipinski definition) is 3. The van der Waals surface area contributed by atoms with Gasteiger partial charge in [-0.15, -0.1) is 0 Å². The summed E-state index contributed by atoms with van der Waals surface area (Å²) in [5, 5.41) is 32.1. The second-order valence-electron chi connectivity index (χ2n) is 8.93. The highest BCUT2D eigenvalue weighted by Gasteiger charge is 2.64. The van der Waals surface area contributed by atoms with Gasteiger partial charge in [-0.2, -0.15) is 0 Å². The number of aliphatic hydroxyl groups is 2. The number of aromatic hydroxyl groups is 1. The van der Waals surface area contributed by atoms with Crippen LogP contribution in [0.1, 0.15) is 63.5 Å². The molecule has 3 unspecified atom stereocenters. The Morgan fingerprint density at radius 2 is 1.83 bits per heavy atom. The zero-order valence-electron chi connectivity index (χ0n) is 14.3. The maximum absolute atomic E-state index is 11.4. The predicted molar refractivity (Wildman–Crippen MR) is 89.4 cm³/mol. The van der Waals surface area contributed by atoms with Crippen molar-refractivity contribution in [2.75, 3.05) is 0 Å². The van der Waals surface area contributed by atoms with E-state index >= 15 is 0 Å². The van der Waals surface area contributed by atoms with Gasteiger partial charge >= 0.3 is 0 Å². The Hall–Kier alpha value is -1.06. The summed E-state index contributed by atoms with van der Waals surface area (Å²) in [5.41, 5.74) is 0.655. The van der Waals surface area contributed by atoms with Crippen molar-refractivity contribution in [2.45, 2.75) is 70.0 Å². The van der Waals surface area contributed by atoms with Crippen molar-refractivity contribution in [1.29, 1.82) is 0 Å². The lowest BCUT2D eigenvalue weighted by atomic mass is 9.49. The van der Waals surface area contributed by atoms with Crippen LogP contribution in [0.4, 0.5) is 0 Å². The number of fused-ring (bicyclic) bond motifs is 5. The average Bonchev–Trinajstić information content (AvgIpc) is 2.67. The molecule has 0 heterocycles. The van der Waals surface area contributed by atoms with Crippen LogP contribution in [0.15, 0.2) is 18.2 Å². The Morgan fingerprint density at radius 3 is 2.57 bits per heavy atom. The molecule has 126 valence electrons. The molecule has 2 fully saturated rings. The third-order valence-electron chi connectivity index (χ3n) is 7.54. The molecule has 0 spiro atoms. The highest BCUT2D eigenvalue weighted by molar-refractivity contribution is 5.42. The molecule has 3 heteroatoms. The topological polar surface area (TPSA) is 60.7 Å². The van der Waals surface area contributed by atoms with E-state index in [1.54, 1.807) is 6.07 Å². The highest BCUT2D eigenvalue weighted by Crippen LogP contribution is 2.66. The summed E-state index contributed by atoms with van der Waals surface area (Å²) < 4.78 is 0. The molecule has 1 aromatic carbocycles. The fourth-order valence-corrected chi connectivity index (χ4v) is 6.36. The predicted octanol–water partition coefficient (Wildman–Crippen LogP) is 3.36. The molecule has 3 aliphatic rings. The lowest BCUT2D eigenvalue weighted by molar-refractivity contribution is -0.160. The molecule has 2 saturated carbocycles. The number of rotatable bonds is 0. The van der Waals surface area contributed by atoms with E-state index in [0.29, 0.717) is 24.0 Å². The quantitative estimate of drug-likeness (QED) is 0.688. The van der Waals surface area contributed by atoms with Gasteiger partial charge < -0.3 is 15.3 Å². The summed E-state index contributed by atoms with van der Waals surface area (Å²) in [6.45, 7) is 6.09. The smallest absolute Gasteiger partial charge is 0.115 e. The van der Waals surface area contributed by atoms with Crippen molar-refractivity contribution < 1.29 is 15.3 Å². The van der Waals surface area contributed by atoms with Gasteiger partial charge in [0.1, 0.15) is 5.75 Å². The Bertz CT molecular complexity index is 648. The van der Waals surface area contributed by atoms with Crippen LogP contribution in [0.2, 0.25) is 0 Å². The molecule has 23 heavy (non-hydrogen) atoms. The van der Waals surface area contributed by atoms with Crippen LogP contribution >= 0.6 is 0 Å². The standard InChI is InChI=1S/C20H28O3/c1-18-11-19(2,22)17-14-7-5-13(21)10-12(14)4-6-15(17)16(18)8-9-20(18,3)23/h5,7,10,15-17,21-23H,4,6,8-9,11H2,1-3H3/t15?,16?,17?,18-,19+,20-/m0/s1. The first-order valence-corrected chi connectivity index (χ1v) is 8.92. The largest absolute Gasteiger partial charge is 0.508 e. The lowest BCUT2D eigenvalue weighted by Gasteiger charge is -2.58. The maximum Gasteiger partial charge on any atom is 0.115 e. The van der Waals surface area contributed by atoms with Gasteiger partial charge in [-0.3, -0.25) is 0 Å². The molecule has 0 amide bonds. The first-order valence-electron chi connectivity index (χ1n) is 8.92. The van der Waals surface area contributed by atoms with Gasteiger partial charge in [-0.05, 0) is 81.0 Å². The van der Waals surface area contributed by atoms with Crippen molar-refractivity contribution in [3.8, 4) is 5.75 Å². The third kappa shape index (κ3) is 1.96. The fourth-order valence-electron chi connectivity index (χ4n) is 6.36. The molecule has 3 N–H and O–H groups in total. The van der Waals surface area contributed by atoms with Crippen molar-refractivity contribution in [2.24, 2.45) is 17.3 Å². The van der Waals surface area contributed by atoms with Crippen molar-refractivity contribution >= 4 is 0 Å². The number of phenols is 1. The molecule has 0 saturated heterocycles. The average molecular weight is 316 g/mol. The second kappa shape index (κ2) is 4.52. The maximum atomic E-state index is 11.4. The molecule has 1 aromatic rings. The number of aryl methyl sites for hydroxylation is 1. The van der Waals surface area contributed by atoms with Crippen LogP contribution in [0.3, 0.4) is 0 Å². The van der Waals surface area contributed by atoms with Crippen LogP contribution in [0.5, 0.6) is 5.75 Å². The first kappa shape index (κ1) is 15.5. The van der Waals surface area contributed by atoms with Gasteiger partial charge in [0.05, 0.1) is 11.2 Å². The first-order chi connectivity index (χ1) is 10.7. The van der Waals surface area contributed by atoms with Gasteiger partial charge in [-0.1, -0.05) is 13.0 Å². The normalized spacial score (nSPS) is 48.5. The Morgan fingerprint density at radius 1 is 1.09 bits per heavy atom. The number of benzene rings is 1. The van der Waals surface area contributed by atoms with Gasteiger partial charge in [-0.25, -0.2) is 0 Å². The van der Waals surface area contributed by atoms with Crippen LogP contribution < -0.4 is 0 Å². The third-order valence-corrected chi connectivity index (χ3v) is 7.54. The van der Waals surface area contributed by atoms with E-state index in [1.165, 1.54) is 11.1 Å². The van der Waals surface area contributed by atoms with E-state index in [0.717, 1.165) is 25.7 Å². The zero-order valence-corrected chi connectivity index (χ0v) is 14.3. The lowest BCUT2D eigenvalue weighted by Crippen LogP contribution is -2.58. The monoisotopic (exact) mass is 316 g/mol. The molecule has 6 atom stereocenters. The van der Waals surface area contributed by atoms with Crippen LogP contribution in [0, 0.1) is 17.3 Å². The van der Waals surface area contributed by atoms with E-state index < -0.39 is 11.2 Å². The molecule has 0 aromatic heterocycles. The van der Waals surface area contributed by atoms with Crippen molar-refractivity contribution in [3.05, 3.63) is 29.3 Å². The highest BCUT2D eigenvalue weighted by atomic mass is 16.3. The van der Waals surface area contributed by atoms with Gasteiger partial charge in [0, 0.05) is 11.3 Å². The molecule has 0 radical (unpaired) electrons. The Kier molecular flexibility index (Phi) is 3.04. The van der Waals surface area contributed by atoms with E-state index in [1.807, 2.05) is 26.0 Å². The number of hydrogen-bond donors (Lipinski definition) is 3. The van der Waals surface area contributed by atoms with E-state index in [2.05, 4.69) is 6.92 Å². The fraction of sp³-hybridized carbons (Fsp3) is 0.700. The van der Waals surface area contributed by atoms with Crippen LogP contribution in [0.25, 0.3) is 0 Å². The summed E-state index contributed by atoms with van der Waals surface area (Å²) >= 11 is 0. The molecule has 0 aliphatic heterocycles. The van der Waals surface area contributed by atoms with E-state index in [4.69, 9.17) is 0 Å². The summed E-state index contributed by atoms with van der Waals surface area (Å²) in [6.07, 6.45) is 4.51. The molecule has 4 rings (SSSR count). The molecule has 3 nitrogen and oxygen atoms in total. The van der Waals surface area contributed by atoms with Gasteiger partial charge in [0.15, 0.2) is 0 Å². The minimum atomic E-state index is -0.823. The number of phenolic OH excluding ortho intramolecular Hbond substituents is 1. The molecular formula is C20H28O3. The molecule has 3 aliphatic carbocycles. The van der Waals surface area contributed by atoms with E-state index in [-0.39, 0.29) is 11.3 Å². The van der Waals surface area contributed by atoms with Crippen LogP contribution in [-0.2, 0) is 6.42 Å². The Labute approximate surface area is 138 Å². The summed E-state index contributed by atoms with van der Waals surface area (Å²) in [5.74, 6) is 1.30. The minimum absolute atomic E-state index is 0.110. The second-order valence-corrected chi connectivity index (χ2v) is 8.93.